The highest BCUT2D eigenvalue weighted by Crippen LogP contribution is 2.18. The van der Waals surface area contributed by atoms with E-state index in [1.807, 2.05) is 11.6 Å². The molecule has 1 heterocycles. The molecule has 3 N–H and O–H groups in total. The maximum absolute atomic E-state index is 12.4. The fraction of sp³-hybridized carbons (Fsp3) is 0.150. The van der Waals surface area contributed by atoms with Crippen molar-refractivity contribution >= 4 is 23.7 Å². The van der Waals surface area contributed by atoms with Crippen molar-refractivity contribution in [2.24, 2.45) is 7.05 Å². The summed E-state index contributed by atoms with van der Waals surface area (Å²) in [4.78, 5) is 33.1. The number of aromatic nitrogens is 2. The maximum atomic E-state index is 12.4. The Kier molecular flexibility index (Phi) is 6.03. The van der Waals surface area contributed by atoms with E-state index in [4.69, 9.17) is 10.6 Å². The number of nitrogen functional groups attached to an aromatic ring is 1. The predicted octanol–water partition coefficient (Wildman–Crippen LogP) is 2.34. The van der Waals surface area contributed by atoms with E-state index in [2.05, 4.69) is 10.3 Å². The number of aryl methyl sites for hydroxylation is 1. The van der Waals surface area contributed by atoms with E-state index >= 15 is 0 Å². The van der Waals surface area contributed by atoms with Crippen LogP contribution in [0.5, 0.6) is 0 Å². The van der Waals surface area contributed by atoms with E-state index < -0.39 is 0 Å². The average molecular weight is 379 g/mol. The molecular formula is C20H21N5O3. The number of para-hydroxylation sites is 2. The first-order valence-electron chi connectivity index (χ1n) is 8.61. The Morgan fingerprint density at radius 1 is 1.25 bits per heavy atom. The van der Waals surface area contributed by atoms with E-state index in [-0.39, 0.29) is 19.1 Å². The van der Waals surface area contributed by atoms with Gasteiger partial charge in [-0.2, -0.15) is 0 Å². The molecule has 0 atom stereocenters. The van der Waals surface area contributed by atoms with Crippen LogP contribution in [0.1, 0.15) is 21.6 Å². The van der Waals surface area contributed by atoms with Crippen molar-refractivity contribution in [3.8, 4) is 0 Å². The van der Waals surface area contributed by atoms with Gasteiger partial charge in [-0.05, 0) is 29.8 Å². The Labute approximate surface area is 162 Å². The second-order valence-corrected chi connectivity index (χ2v) is 6.19. The van der Waals surface area contributed by atoms with Gasteiger partial charge in [0.25, 0.3) is 5.91 Å². The standard InChI is InChI=1S/C20H21N5O3/c1-24-13-22-10-17(24)12-28-25(14-26)11-15-6-8-16(9-7-15)20(27)23-19-5-3-2-4-18(19)21/h2-10,13-14H,11-12,21H2,1H3,(H,23,27). The van der Waals surface area contributed by atoms with E-state index in [1.165, 1.54) is 5.06 Å². The number of rotatable bonds is 8. The van der Waals surface area contributed by atoms with Crippen LogP contribution < -0.4 is 11.1 Å². The van der Waals surface area contributed by atoms with Gasteiger partial charge in [0, 0.05) is 12.6 Å². The summed E-state index contributed by atoms with van der Waals surface area (Å²) in [6, 6.07) is 14.0. The monoisotopic (exact) mass is 379 g/mol. The van der Waals surface area contributed by atoms with Gasteiger partial charge in [0.15, 0.2) is 0 Å². The van der Waals surface area contributed by atoms with Crippen molar-refractivity contribution in [3.63, 3.8) is 0 Å². The van der Waals surface area contributed by atoms with Gasteiger partial charge in [0.2, 0.25) is 6.41 Å². The summed E-state index contributed by atoms with van der Waals surface area (Å²) >= 11 is 0. The third kappa shape index (κ3) is 4.74. The number of nitrogens with zero attached hydrogens (tertiary/aromatic N) is 3. The topological polar surface area (TPSA) is 102 Å². The summed E-state index contributed by atoms with van der Waals surface area (Å²) in [6.07, 6.45) is 3.96. The predicted molar refractivity (Wildman–Crippen MR) is 105 cm³/mol. The quantitative estimate of drug-likeness (QED) is 0.355. The lowest BCUT2D eigenvalue weighted by Crippen LogP contribution is -2.22. The van der Waals surface area contributed by atoms with Crippen LogP contribution >= 0.6 is 0 Å². The molecule has 8 nitrogen and oxygen atoms in total. The Balaban J connectivity index is 1.58. The fourth-order valence-electron chi connectivity index (χ4n) is 2.53. The highest BCUT2D eigenvalue weighted by molar-refractivity contribution is 6.05. The molecule has 2 aromatic carbocycles. The van der Waals surface area contributed by atoms with Crippen LogP contribution in [-0.4, -0.2) is 26.9 Å². The lowest BCUT2D eigenvalue weighted by Gasteiger charge is -2.17. The molecular weight excluding hydrogens is 358 g/mol. The second-order valence-electron chi connectivity index (χ2n) is 6.19. The molecule has 0 saturated carbocycles. The number of benzene rings is 2. The first kappa shape index (κ1) is 19.1. The molecule has 2 amide bonds. The largest absolute Gasteiger partial charge is 0.397 e. The summed E-state index contributed by atoms with van der Waals surface area (Å²) < 4.78 is 1.82. The minimum absolute atomic E-state index is 0.230. The lowest BCUT2D eigenvalue weighted by atomic mass is 10.1. The molecule has 3 rings (SSSR count). The minimum atomic E-state index is -0.260. The highest BCUT2D eigenvalue weighted by atomic mass is 16.7. The van der Waals surface area contributed by atoms with Gasteiger partial charge >= 0.3 is 0 Å². The third-order valence-electron chi connectivity index (χ3n) is 4.18. The number of imidazole rings is 1. The van der Waals surface area contributed by atoms with Gasteiger partial charge in [0.1, 0.15) is 6.61 Å². The van der Waals surface area contributed by atoms with Crippen LogP contribution in [0, 0.1) is 0 Å². The van der Waals surface area contributed by atoms with Crippen LogP contribution in [-0.2, 0) is 29.8 Å². The molecule has 28 heavy (non-hydrogen) atoms. The Morgan fingerprint density at radius 2 is 2.00 bits per heavy atom. The normalized spacial score (nSPS) is 10.5. The molecule has 0 unspecified atom stereocenters. The molecule has 0 spiro atoms. The number of amides is 2. The lowest BCUT2D eigenvalue weighted by molar-refractivity contribution is -0.181. The molecule has 1 aromatic heterocycles. The smallest absolute Gasteiger partial charge is 0.255 e. The van der Waals surface area contributed by atoms with Crippen molar-refractivity contribution in [3.05, 3.63) is 77.9 Å². The summed E-state index contributed by atoms with van der Waals surface area (Å²) in [6.45, 7) is 0.489. The van der Waals surface area contributed by atoms with E-state index in [1.54, 1.807) is 61.1 Å². The summed E-state index contributed by atoms with van der Waals surface area (Å²) in [5.74, 6) is -0.260. The number of carbonyl (C=O) groups excluding carboxylic acids is 2. The Bertz CT molecular complexity index is 952. The Hall–Kier alpha value is -3.65. The summed E-state index contributed by atoms with van der Waals surface area (Å²) in [5, 5.41) is 3.98. The van der Waals surface area contributed by atoms with Gasteiger partial charge in [-0.3, -0.25) is 14.4 Å². The molecule has 0 radical (unpaired) electrons. The van der Waals surface area contributed by atoms with Gasteiger partial charge < -0.3 is 15.6 Å². The van der Waals surface area contributed by atoms with Crippen LogP contribution in [0.2, 0.25) is 0 Å². The maximum Gasteiger partial charge on any atom is 0.255 e. The highest BCUT2D eigenvalue weighted by Gasteiger charge is 2.10. The zero-order chi connectivity index (χ0) is 19.9. The van der Waals surface area contributed by atoms with Crippen LogP contribution in [0.4, 0.5) is 11.4 Å². The number of hydrogen-bond donors (Lipinski definition) is 2. The van der Waals surface area contributed by atoms with Crippen LogP contribution in [0.15, 0.2) is 61.1 Å². The molecule has 0 fully saturated rings. The Morgan fingerprint density at radius 3 is 2.64 bits per heavy atom. The molecule has 3 aromatic rings. The second kappa shape index (κ2) is 8.83. The molecule has 0 aliphatic carbocycles. The van der Waals surface area contributed by atoms with E-state index in [0.29, 0.717) is 23.3 Å². The van der Waals surface area contributed by atoms with Crippen molar-refractivity contribution in [2.45, 2.75) is 13.2 Å². The minimum Gasteiger partial charge on any atom is -0.397 e. The molecule has 8 heteroatoms. The van der Waals surface area contributed by atoms with E-state index in [0.717, 1.165) is 11.3 Å². The van der Waals surface area contributed by atoms with Crippen molar-refractivity contribution in [2.75, 3.05) is 11.1 Å². The van der Waals surface area contributed by atoms with Crippen LogP contribution in [0.25, 0.3) is 0 Å². The summed E-state index contributed by atoms with van der Waals surface area (Å²) in [7, 11) is 1.85. The summed E-state index contributed by atoms with van der Waals surface area (Å²) in [5.41, 5.74) is 9.06. The van der Waals surface area contributed by atoms with Gasteiger partial charge in [-0.1, -0.05) is 24.3 Å². The first-order valence-corrected chi connectivity index (χ1v) is 8.61. The number of nitrogens with one attached hydrogen (secondary N) is 1. The van der Waals surface area contributed by atoms with E-state index in [9.17, 15) is 9.59 Å². The number of carbonyl (C=O) groups is 2. The average Bonchev–Trinajstić information content (AvgIpc) is 3.12. The third-order valence-corrected chi connectivity index (χ3v) is 4.18. The number of hydrogen-bond acceptors (Lipinski definition) is 5. The van der Waals surface area contributed by atoms with Gasteiger partial charge in [-0.15, -0.1) is 0 Å². The molecule has 0 aliphatic rings. The van der Waals surface area contributed by atoms with Gasteiger partial charge in [-0.25, -0.2) is 10.0 Å². The van der Waals surface area contributed by atoms with Gasteiger partial charge in [0.05, 0.1) is 36.1 Å². The zero-order valence-corrected chi connectivity index (χ0v) is 15.4. The number of anilines is 2. The first-order chi connectivity index (χ1) is 13.6. The van der Waals surface area contributed by atoms with Crippen molar-refractivity contribution < 1.29 is 14.4 Å². The van der Waals surface area contributed by atoms with Crippen LogP contribution in [0.3, 0.4) is 0 Å². The number of nitrogens with two attached hydrogens (primary N) is 1. The van der Waals surface area contributed by atoms with Crippen molar-refractivity contribution in [1.29, 1.82) is 0 Å². The molecule has 0 aliphatic heterocycles. The SMILES string of the molecule is Cn1cncc1CON(C=O)Cc1ccc(C(=O)Nc2ccccc2N)cc1. The molecule has 144 valence electrons. The molecule has 0 bridgehead atoms. The number of hydroxylamine groups is 2. The molecule has 0 saturated heterocycles. The zero-order valence-electron chi connectivity index (χ0n) is 15.4. The fourth-order valence-corrected chi connectivity index (χ4v) is 2.53. The van der Waals surface area contributed by atoms with Crippen molar-refractivity contribution in [1.82, 2.24) is 14.6 Å².